The topological polar surface area (TPSA) is 70.7 Å². The molecule has 1 amide bonds. The molecule has 0 bridgehead atoms. The van der Waals surface area contributed by atoms with Crippen molar-refractivity contribution in [2.45, 2.75) is 30.4 Å². The number of carbonyl (C=O) groups excluding carboxylic acids is 1. The summed E-state index contributed by atoms with van der Waals surface area (Å²) in [6, 6.07) is 15.7. The summed E-state index contributed by atoms with van der Waals surface area (Å²) in [5, 5.41) is 6.17. The van der Waals surface area contributed by atoms with Gasteiger partial charge in [-0.15, -0.1) is 23.1 Å². The number of hydrogen-bond donors (Lipinski definition) is 2. The quantitative estimate of drug-likeness (QED) is 0.310. The Morgan fingerprint density at radius 2 is 1.97 bits per heavy atom. The number of aryl methyl sites for hydroxylation is 2. The van der Waals surface area contributed by atoms with Gasteiger partial charge < -0.3 is 10.3 Å². The second-order valence-corrected chi connectivity index (χ2v) is 8.84. The van der Waals surface area contributed by atoms with Crippen molar-refractivity contribution in [1.29, 1.82) is 0 Å². The Hall–Kier alpha value is -2.64. The SMILES string of the molecule is Cc1nc(CSc2ccc(C(=O)NCCCc3nc4ccccc4[nH]3)cc2)cs1. The Morgan fingerprint density at radius 3 is 2.72 bits per heavy atom. The summed E-state index contributed by atoms with van der Waals surface area (Å²) in [5.74, 6) is 1.76. The second-order valence-electron chi connectivity index (χ2n) is 6.73. The molecule has 4 aromatic rings. The van der Waals surface area contributed by atoms with E-state index in [2.05, 4.69) is 25.6 Å². The van der Waals surface area contributed by atoms with Gasteiger partial charge in [0.1, 0.15) is 5.82 Å². The lowest BCUT2D eigenvalue weighted by atomic mass is 10.2. The van der Waals surface area contributed by atoms with Crippen LogP contribution in [0.3, 0.4) is 0 Å². The van der Waals surface area contributed by atoms with E-state index in [1.165, 1.54) is 0 Å². The maximum absolute atomic E-state index is 12.3. The van der Waals surface area contributed by atoms with Gasteiger partial charge in [-0.2, -0.15) is 0 Å². The number of amides is 1. The molecule has 0 fully saturated rings. The van der Waals surface area contributed by atoms with E-state index >= 15 is 0 Å². The zero-order valence-corrected chi connectivity index (χ0v) is 17.8. The van der Waals surface area contributed by atoms with Crippen molar-refractivity contribution >= 4 is 40.0 Å². The Kier molecular flexibility index (Phi) is 6.27. The van der Waals surface area contributed by atoms with E-state index in [0.717, 1.165) is 51.0 Å². The zero-order valence-electron chi connectivity index (χ0n) is 16.1. The fourth-order valence-corrected chi connectivity index (χ4v) is 4.53. The number of carbonyl (C=O) groups is 1. The minimum Gasteiger partial charge on any atom is -0.352 e. The zero-order chi connectivity index (χ0) is 20.1. The van der Waals surface area contributed by atoms with Crippen LogP contribution in [0.25, 0.3) is 11.0 Å². The molecule has 0 spiro atoms. The largest absolute Gasteiger partial charge is 0.352 e. The van der Waals surface area contributed by atoms with Gasteiger partial charge in [-0.05, 0) is 49.7 Å². The fraction of sp³-hybridized carbons (Fsp3) is 0.227. The van der Waals surface area contributed by atoms with Gasteiger partial charge in [0, 0.05) is 34.6 Å². The van der Waals surface area contributed by atoms with Crippen LogP contribution < -0.4 is 5.32 Å². The number of aromatic amines is 1. The number of nitrogens with one attached hydrogen (secondary N) is 2. The average molecular weight is 423 g/mol. The molecule has 0 unspecified atom stereocenters. The van der Waals surface area contributed by atoms with Gasteiger partial charge in [0.05, 0.1) is 21.7 Å². The number of imidazole rings is 1. The molecule has 0 atom stereocenters. The molecule has 2 N–H and O–H groups in total. The molecular formula is C22H22N4OS2. The van der Waals surface area contributed by atoms with E-state index in [4.69, 9.17) is 0 Å². The first-order valence-corrected chi connectivity index (χ1v) is 11.4. The van der Waals surface area contributed by atoms with Gasteiger partial charge in [-0.1, -0.05) is 12.1 Å². The van der Waals surface area contributed by atoms with Crippen LogP contribution in [0.15, 0.2) is 58.8 Å². The monoisotopic (exact) mass is 422 g/mol. The number of para-hydroxylation sites is 2. The number of aromatic nitrogens is 3. The highest BCUT2D eigenvalue weighted by Crippen LogP contribution is 2.23. The summed E-state index contributed by atoms with van der Waals surface area (Å²) in [5.41, 5.74) is 3.81. The van der Waals surface area contributed by atoms with E-state index in [1.54, 1.807) is 23.1 Å². The predicted molar refractivity (Wildman–Crippen MR) is 120 cm³/mol. The molecule has 148 valence electrons. The van der Waals surface area contributed by atoms with Gasteiger partial charge >= 0.3 is 0 Å². The predicted octanol–water partition coefficient (Wildman–Crippen LogP) is 4.98. The van der Waals surface area contributed by atoms with Crippen LogP contribution in [0.2, 0.25) is 0 Å². The summed E-state index contributed by atoms with van der Waals surface area (Å²) >= 11 is 3.40. The first-order chi connectivity index (χ1) is 14.2. The van der Waals surface area contributed by atoms with Crippen LogP contribution in [0.1, 0.15) is 33.3 Å². The molecule has 4 rings (SSSR count). The van der Waals surface area contributed by atoms with Crippen LogP contribution >= 0.6 is 23.1 Å². The van der Waals surface area contributed by atoms with Crippen LogP contribution in [0, 0.1) is 6.92 Å². The highest BCUT2D eigenvalue weighted by molar-refractivity contribution is 7.98. The van der Waals surface area contributed by atoms with Gasteiger partial charge in [-0.25, -0.2) is 9.97 Å². The van der Waals surface area contributed by atoms with Crippen molar-refractivity contribution < 1.29 is 4.79 Å². The third kappa shape index (κ3) is 5.25. The lowest BCUT2D eigenvalue weighted by Crippen LogP contribution is -2.24. The number of thiazole rings is 1. The smallest absolute Gasteiger partial charge is 0.251 e. The Bertz CT molecular complexity index is 1070. The van der Waals surface area contributed by atoms with Crippen LogP contribution in [0.5, 0.6) is 0 Å². The molecule has 2 heterocycles. The molecule has 2 aromatic carbocycles. The number of nitrogens with zero attached hydrogens (tertiary/aromatic N) is 2. The van der Waals surface area contributed by atoms with E-state index in [1.807, 2.05) is 55.5 Å². The molecule has 7 heteroatoms. The van der Waals surface area contributed by atoms with E-state index < -0.39 is 0 Å². The molecular weight excluding hydrogens is 400 g/mol. The first-order valence-electron chi connectivity index (χ1n) is 9.53. The Morgan fingerprint density at radius 1 is 1.14 bits per heavy atom. The number of fused-ring (bicyclic) bond motifs is 1. The van der Waals surface area contributed by atoms with Crippen LogP contribution in [0.4, 0.5) is 0 Å². The van der Waals surface area contributed by atoms with Crippen LogP contribution in [-0.2, 0) is 12.2 Å². The van der Waals surface area contributed by atoms with Gasteiger partial charge in [0.15, 0.2) is 0 Å². The van der Waals surface area contributed by atoms with Gasteiger partial charge in [0.25, 0.3) is 5.91 Å². The van der Waals surface area contributed by atoms with E-state index in [-0.39, 0.29) is 5.91 Å². The summed E-state index contributed by atoms with van der Waals surface area (Å²) in [7, 11) is 0. The average Bonchev–Trinajstić information content (AvgIpc) is 3.35. The summed E-state index contributed by atoms with van der Waals surface area (Å²) in [6.45, 7) is 2.64. The molecule has 5 nitrogen and oxygen atoms in total. The van der Waals surface area contributed by atoms with Crippen molar-refractivity contribution in [2.24, 2.45) is 0 Å². The summed E-state index contributed by atoms with van der Waals surface area (Å²) in [6.07, 6.45) is 1.65. The third-order valence-corrected chi connectivity index (χ3v) is 6.35. The molecule has 0 aliphatic carbocycles. The standard InChI is InChI=1S/C22H22N4OS2/c1-15-24-17(13-28-15)14-29-18-10-8-16(9-11-18)22(27)23-12-4-7-21-25-19-5-2-3-6-20(19)26-21/h2-3,5-6,8-11,13H,4,7,12,14H2,1H3,(H,23,27)(H,25,26). The van der Waals surface area contributed by atoms with Crippen molar-refractivity contribution in [2.75, 3.05) is 6.54 Å². The summed E-state index contributed by atoms with van der Waals surface area (Å²) < 4.78 is 0. The number of rotatable bonds is 8. The van der Waals surface area contributed by atoms with Gasteiger partial charge in [0.2, 0.25) is 0 Å². The molecule has 2 aromatic heterocycles. The second kappa shape index (κ2) is 9.24. The van der Waals surface area contributed by atoms with E-state index in [9.17, 15) is 4.79 Å². The summed E-state index contributed by atoms with van der Waals surface area (Å²) in [4.78, 5) is 25.8. The first kappa shape index (κ1) is 19.7. The minimum absolute atomic E-state index is 0.0405. The molecule has 0 saturated heterocycles. The fourth-order valence-electron chi connectivity index (χ4n) is 3.02. The maximum atomic E-state index is 12.3. The number of thioether (sulfide) groups is 1. The maximum Gasteiger partial charge on any atom is 0.251 e. The van der Waals surface area contributed by atoms with Crippen LogP contribution in [-0.4, -0.2) is 27.4 Å². The highest BCUT2D eigenvalue weighted by atomic mass is 32.2. The number of benzene rings is 2. The molecule has 29 heavy (non-hydrogen) atoms. The van der Waals surface area contributed by atoms with Crippen molar-refractivity contribution in [3.05, 3.63) is 76.0 Å². The van der Waals surface area contributed by atoms with E-state index in [0.29, 0.717) is 12.1 Å². The van der Waals surface area contributed by atoms with Crippen molar-refractivity contribution in [3.8, 4) is 0 Å². The van der Waals surface area contributed by atoms with Crippen molar-refractivity contribution in [3.63, 3.8) is 0 Å². The van der Waals surface area contributed by atoms with Gasteiger partial charge in [-0.3, -0.25) is 4.79 Å². The normalized spacial score (nSPS) is 11.1. The lowest BCUT2D eigenvalue weighted by molar-refractivity contribution is 0.0953. The molecule has 0 saturated carbocycles. The highest BCUT2D eigenvalue weighted by Gasteiger charge is 2.07. The number of hydrogen-bond acceptors (Lipinski definition) is 5. The minimum atomic E-state index is -0.0405. The van der Waals surface area contributed by atoms with Crippen molar-refractivity contribution in [1.82, 2.24) is 20.3 Å². The number of H-pyrrole nitrogens is 1. The molecule has 0 radical (unpaired) electrons. The third-order valence-electron chi connectivity index (χ3n) is 4.48. The Labute approximate surface area is 178 Å². The molecule has 0 aliphatic rings. The lowest BCUT2D eigenvalue weighted by Gasteiger charge is -2.06. The molecule has 0 aliphatic heterocycles. The Balaban J connectivity index is 1.22.